The Bertz CT molecular complexity index is 2140. The Morgan fingerprint density at radius 2 is 1.54 bits per heavy atom. The lowest BCUT2D eigenvalue weighted by molar-refractivity contribution is 0.398. The molecule has 0 amide bonds. The molecule has 0 aliphatic carbocycles. The van der Waals surface area contributed by atoms with Gasteiger partial charge in [-0.3, -0.25) is 0 Å². The van der Waals surface area contributed by atoms with Gasteiger partial charge >= 0.3 is 5.63 Å². The highest BCUT2D eigenvalue weighted by Crippen LogP contribution is 2.52. The maximum absolute atomic E-state index is 13.9. The Kier molecular flexibility index (Phi) is 4.90. The van der Waals surface area contributed by atoms with Gasteiger partial charge in [-0.25, -0.2) is 9.78 Å². The quantitative estimate of drug-likeness (QED) is 0.150. The summed E-state index contributed by atoms with van der Waals surface area (Å²) >= 11 is 1.47. The van der Waals surface area contributed by atoms with Crippen molar-refractivity contribution < 1.29 is 4.42 Å². The first-order valence-electron chi connectivity index (χ1n) is 14.2. The minimum Gasteiger partial charge on any atom is -0.422 e. The Morgan fingerprint density at radius 3 is 2.24 bits per heavy atom. The van der Waals surface area contributed by atoms with E-state index in [4.69, 9.17) is 9.40 Å². The van der Waals surface area contributed by atoms with Gasteiger partial charge in [0, 0.05) is 40.5 Å². The third-order valence-electron chi connectivity index (χ3n) is 9.50. The summed E-state index contributed by atoms with van der Waals surface area (Å²) < 4.78 is 7.28. The number of anilines is 1. The number of benzene rings is 4. The zero-order valence-corrected chi connectivity index (χ0v) is 24.4. The van der Waals surface area contributed by atoms with Crippen LogP contribution in [0.5, 0.6) is 0 Å². The molecule has 4 heterocycles. The highest BCUT2D eigenvalue weighted by atomic mass is 32.1. The molecule has 0 spiro atoms. The average molecular weight is 556 g/mol. The summed E-state index contributed by atoms with van der Waals surface area (Å²) in [6, 6.07) is 21.1. The van der Waals surface area contributed by atoms with Gasteiger partial charge in [0.1, 0.15) is 22.2 Å². The fraction of sp³-hybridized carbons (Fsp3) is 0.286. The second kappa shape index (κ2) is 8.18. The van der Waals surface area contributed by atoms with Crippen molar-refractivity contribution in [2.45, 2.75) is 51.4 Å². The summed E-state index contributed by atoms with van der Waals surface area (Å²) in [5.74, 6) is 0. The highest BCUT2D eigenvalue weighted by Gasteiger charge is 2.42. The molecule has 0 N–H and O–H groups in total. The first-order chi connectivity index (χ1) is 19.7. The fourth-order valence-corrected chi connectivity index (χ4v) is 8.32. The second-order valence-corrected chi connectivity index (χ2v) is 13.8. The largest absolute Gasteiger partial charge is 0.422 e. The molecule has 8 rings (SSSR count). The van der Waals surface area contributed by atoms with E-state index in [2.05, 4.69) is 69.0 Å². The van der Waals surface area contributed by atoms with Gasteiger partial charge < -0.3 is 9.32 Å². The maximum Gasteiger partial charge on any atom is 0.348 e. The molecule has 6 aromatic rings. The smallest absolute Gasteiger partial charge is 0.348 e. The van der Waals surface area contributed by atoms with E-state index in [-0.39, 0.29) is 16.4 Å². The minimum absolute atomic E-state index is 0.0566. The predicted molar refractivity (Wildman–Crippen MR) is 168 cm³/mol. The molecule has 202 valence electrons. The van der Waals surface area contributed by atoms with Crippen LogP contribution in [0.1, 0.15) is 57.2 Å². The van der Waals surface area contributed by atoms with E-state index in [9.17, 15) is 10.1 Å². The molecule has 0 saturated heterocycles. The van der Waals surface area contributed by atoms with Crippen LogP contribution < -0.4 is 10.5 Å². The molecule has 0 unspecified atom stereocenters. The zero-order valence-electron chi connectivity index (χ0n) is 23.6. The van der Waals surface area contributed by atoms with Crippen LogP contribution >= 0.6 is 11.3 Å². The van der Waals surface area contributed by atoms with Crippen molar-refractivity contribution in [3.8, 4) is 16.6 Å². The molecule has 5 nitrogen and oxygen atoms in total. The van der Waals surface area contributed by atoms with Gasteiger partial charge in [-0.1, -0.05) is 76.2 Å². The van der Waals surface area contributed by atoms with E-state index in [1.165, 1.54) is 22.6 Å². The van der Waals surface area contributed by atoms with Crippen molar-refractivity contribution in [3.05, 3.63) is 81.7 Å². The van der Waals surface area contributed by atoms with Gasteiger partial charge in [-0.2, -0.15) is 5.26 Å². The van der Waals surface area contributed by atoms with Crippen LogP contribution in [0.15, 0.2) is 63.8 Å². The lowest BCUT2D eigenvalue weighted by Gasteiger charge is -2.48. The number of rotatable bonds is 1. The van der Waals surface area contributed by atoms with Crippen LogP contribution in [0.25, 0.3) is 53.3 Å². The standard InChI is InChI=1S/C35H29N3O2S/c1-34(2)13-15-38-16-14-35(3,4)27-29(38)25(34)17-23-24(18-36)26(33(39)40-30(23)27)32-37-28-21-11-7-5-9-19(21)20-10-6-8-12-22(20)31(28)41-32/h5-12,17H,13-16H2,1-4H3. The number of hydrogen-bond acceptors (Lipinski definition) is 6. The monoisotopic (exact) mass is 555 g/mol. The molecule has 4 aromatic carbocycles. The Labute approximate surface area is 241 Å². The van der Waals surface area contributed by atoms with Crippen molar-refractivity contribution >= 4 is 59.8 Å². The van der Waals surface area contributed by atoms with Crippen LogP contribution in [0, 0.1) is 11.3 Å². The van der Waals surface area contributed by atoms with Crippen molar-refractivity contribution in [3.63, 3.8) is 0 Å². The van der Waals surface area contributed by atoms with Crippen LogP contribution in [-0.2, 0) is 10.8 Å². The Morgan fingerprint density at radius 1 is 0.902 bits per heavy atom. The third-order valence-corrected chi connectivity index (χ3v) is 10.6. The molecule has 0 atom stereocenters. The van der Waals surface area contributed by atoms with Crippen molar-refractivity contribution in [1.82, 2.24) is 4.98 Å². The van der Waals surface area contributed by atoms with Crippen molar-refractivity contribution in [2.75, 3.05) is 18.0 Å². The SMILES string of the molecule is CC1(C)CCN2CCC(C)(C)c3c2c1cc1c(C#N)c(-c2nc4c5ccccc5c5ccccc5c4s2)c(=O)oc31. The number of fused-ring (bicyclic) bond motifs is 8. The summed E-state index contributed by atoms with van der Waals surface area (Å²) in [6.45, 7) is 11.0. The lowest BCUT2D eigenvalue weighted by Crippen LogP contribution is -2.44. The molecule has 0 bridgehead atoms. The number of aromatic nitrogens is 1. The zero-order chi connectivity index (χ0) is 28.3. The first kappa shape index (κ1) is 24.6. The molecule has 0 radical (unpaired) electrons. The average Bonchev–Trinajstić information content (AvgIpc) is 3.40. The number of hydrogen-bond donors (Lipinski definition) is 0. The molecule has 0 fully saturated rings. The summed E-state index contributed by atoms with van der Waals surface area (Å²) in [7, 11) is 0. The number of thiazole rings is 1. The number of nitriles is 1. The third kappa shape index (κ3) is 3.27. The maximum atomic E-state index is 13.9. The second-order valence-electron chi connectivity index (χ2n) is 12.8. The number of nitrogens with zero attached hydrogens (tertiary/aromatic N) is 3. The van der Waals surface area contributed by atoms with E-state index in [1.54, 1.807) is 0 Å². The summed E-state index contributed by atoms with van der Waals surface area (Å²) in [4.78, 5) is 21.4. The molecule has 2 aliphatic rings. The van der Waals surface area contributed by atoms with E-state index >= 15 is 0 Å². The van der Waals surface area contributed by atoms with Crippen molar-refractivity contribution in [1.29, 1.82) is 5.26 Å². The highest BCUT2D eigenvalue weighted by molar-refractivity contribution is 7.22. The van der Waals surface area contributed by atoms with Gasteiger partial charge in [0.25, 0.3) is 0 Å². The van der Waals surface area contributed by atoms with Gasteiger partial charge in [-0.15, -0.1) is 11.3 Å². The fourth-order valence-electron chi connectivity index (χ4n) is 7.17. The van der Waals surface area contributed by atoms with Gasteiger partial charge in [-0.05, 0) is 46.1 Å². The van der Waals surface area contributed by atoms with Gasteiger partial charge in [0.05, 0.1) is 15.8 Å². The Hall–Kier alpha value is -4.21. The van der Waals surface area contributed by atoms with Gasteiger partial charge in [0.2, 0.25) is 0 Å². The summed E-state index contributed by atoms with van der Waals surface area (Å²) in [6.07, 6.45) is 2.00. The topological polar surface area (TPSA) is 70.1 Å². The van der Waals surface area contributed by atoms with Crippen molar-refractivity contribution in [2.24, 2.45) is 0 Å². The minimum atomic E-state index is -0.499. The van der Waals surface area contributed by atoms with Crippen LogP contribution in [0.3, 0.4) is 0 Å². The van der Waals surface area contributed by atoms with E-state index in [0.29, 0.717) is 16.2 Å². The summed E-state index contributed by atoms with van der Waals surface area (Å²) in [5.41, 5.74) is 4.77. The van der Waals surface area contributed by atoms with Crippen LogP contribution in [-0.4, -0.2) is 18.1 Å². The van der Waals surface area contributed by atoms with E-state index in [1.807, 2.05) is 24.3 Å². The molecule has 6 heteroatoms. The molecule has 2 aromatic heterocycles. The van der Waals surface area contributed by atoms with E-state index < -0.39 is 5.63 Å². The predicted octanol–water partition coefficient (Wildman–Crippen LogP) is 8.42. The summed E-state index contributed by atoms with van der Waals surface area (Å²) in [5, 5.41) is 16.3. The molecular weight excluding hydrogens is 526 g/mol. The molecule has 41 heavy (non-hydrogen) atoms. The lowest BCUT2D eigenvalue weighted by atomic mass is 9.69. The molecular formula is C35H29N3O2S. The van der Waals surface area contributed by atoms with E-state index in [0.717, 1.165) is 68.6 Å². The first-order valence-corrected chi connectivity index (χ1v) is 15.1. The normalized spacial score (nSPS) is 17.3. The molecule has 2 aliphatic heterocycles. The van der Waals surface area contributed by atoms with Gasteiger partial charge in [0.15, 0.2) is 0 Å². The Balaban J connectivity index is 1.50. The van der Waals surface area contributed by atoms with Crippen LogP contribution in [0.4, 0.5) is 5.69 Å². The van der Waals surface area contributed by atoms with Crippen LogP contribution in [0.2, 0.25) is 0 Å². The molecule has 0 saturated carbocycles.